The zero-order valence-corrected chi connectivity index (χ0v) is 12.8. The Morgan fingerprint density at radius 1 is 1.63 bits per heavy atom. The van der Waals surface area contributed by atoms with E-state index in [1.165, 1.54) is 0 Å². The van der Waals surface area contributed by atoms with E-state index in [1.54, 1.807) is 6.20 Å². The fourth-order valence-corrected chi connectivity index (χ4v) is 2.60. The van der Waals surface area contributed by atoms with Crippen molar-refractivity contribution in [3.05, 3.63) is 22.6 Å². The van der Waals surface area contributed by atoms with Crippen LogP contribution in [0.3, 0.4) is 0 Å². The predicted molar refractivity (Wildman–Crippen MR) is 78.2 cm³/mol. The number of hydrogen-bond acceptors (Lipinski definition) is 3. The Kier molecular flexibility index (Phi) is 4.42. The standard InChI is InChI=1S/C12H14BrClN4O/c1-7(4-10(15)19)18-11(2-3-14)17-9-5-8(13)6-16-12(9)18/h5-7H,2-4H2,1H3,(H2,15,19). The number of alkyl halides is 1. The van der Waals surface area contributed by atoms with Crippen LogP contribution in [0.4, 0.5) is 0 Å². The van der Waals surface area contributed by atoms with Crippen molar-refractivity contribution in [3.63, 3.8) is 0 Å². The lowest BCUT2D eigenvalue weighted by molar-refractivity contribution is -0.118. The van der Waals surface area contributed by atoms with E-state index in [-0.39, 0.29) is 18.4 Å². The molecule has 0 aliphatic rings. The number of aryl methyl sites for hydroxylation is 1. The van der Waals surface area contributed by atoms with Crippen LogP contribution in [0.2, 0.25) is 0 Å². The molecule has 2 aromatic heterocycles. The second-order valence-corrected chi connectivity index (χ2v) is 5.65. The topological polar surface area (TPSA) is 73.8 Å². The minimum absolute atomic E-state index is 0.0885. The van der Waals surface area contributed by atoms with Gasteiger partial charge in [0.25, 0.3) is 0 Å². The highest BCUT2D eigenvalue weighted by Crippen LogP contribution is 2.24. The maximum absolute atomic E-state index is 11.1. The number of nitrogens with two attached hydrogens (primary N) is 1. The molecule has 0 aromatic carbocycles. The third kappa shape index (κ3) is 3.06. The van der Waals surface area contributed by atoms with Crippen LogP contribution in [0.25, 0.3) is 11.2 Å². The molecule has 0 saturated carbocycles. The number of carbonyl (C=O) groups excluding carboxylic acids is 1. The number of primary amides is 1. The highest BCUT2D eigenvalue weighted by atomic mass is 79.9. The van der Waals surface area contributed by atoms with Gasteiger partial charge < -0.3 is 10.3 Å². The van der Waals surface area contributed by atoms with E-state index < -0.39 is 0 Å². The Labute approximate surface area is 124 Å². The zero-order valence-electron chi connectivity index (χ0n) is 10.4. The van der Waals surface area contributed by atoms with E-state index in [2.05, 4.69) is 25.9 Å². The highest BCUT2D eigenvalue weighted by Gasteiger charge is 2.18. The first-order chi connectivity index (χ1) is 9.02. The Hall–Kier alpha value is -1.14. The Balaban J connectivity index is 2.54. The van der Waals surface area contributed by atoms with Crippen LogP contribution in [0.1, 0.15) is 25.2 Å². The first kappa shape index (κ1) is 14.3. The van der Waals surface area contributed by atoms with Gasteiger partial charge in [-0.25, -0.2) is 9.97 Å². The van der Waals surface area contributed by atoms with Gasteiger partial charge in [0.15, 0.2) is 5.65 Å². The molecular weight excluding hydrogens is 332 g/mol. The summed E-state index contributed by atoms with van der Waals surface area (Å²) in [4.78, 5) is 20.0. The van der Waals surface area contributed by atoms with Gasteiger partial charge in [-0.15, -0.1) is 11.6 Å². The molecular formula is C12H14BrClN4O. The lowest BCUT2D eigenvalue weighted by Gasteiger charge is -2.15. The largest absolute Gasteiger partial charge is 0.370 e. The summed E-state index contributed by atoms with van der Waals surface area (Å²) in [6.07, 6.45) is 2.58. The van der Waals surface area contributed by atoms with E-state index in [4.69, 9.17) is 17.3 Å². The monoisotopic (exact) mass is 344 g/mol. The molecule has 1 atom stereocenters. The summed E-state index contributed by atoms with van der Waals surface area (Å²) in [6.45, 7) is 1.92. The van der Waals surface area contributed by atoms with Crippen LogP contribution in [0.15, 0.2) is 16.7 Å². The number of aromatic nitrogens is 3. The van der Waals surface area contributed by atoms with E-state index in [0.717, 1.165) is 21.5 Å². The van der Waals surface area contributed by atoms with Gasteiger partial charge in [-0.1, -0.05) is 0 Å². The first-order valence-corrected chi connectivity index (χ1v) is 7.22. The highest BCUT2D eigenvalue weighted by molar-refractivity contribution is 9.10. The fraction of sp³-hybridized carbons (Fsp3) is 0.417. The summed E-state index contributed by atoms with van der Waals surface area (Å²) in [5, 5.41) is 0. The van der Waals surface area contributed by atoms with Crippen molar-refractivity contribution < 1.29 is 4.79 Å². The SMILES string of the molecule is CC(CC(N)=O)n1c(CCCl)nc2cc(Br)cnc21. The van der Waals surface area contributed by atoms with Crippen molar-refractivity contribution in [1.29, 1.82) is 0 Å². The summed E-state index contributed by atoms with van der Waals surface area (Å²) in [5.74, 6) is 0.945. The van der Waals surface area contributed by atoms with Gasteiger partial charge in [-0.05, 0) is 28.9 Å². The molecule has 7 heteroatoms. The smallest absolute Gasteiger partial charge is 0.219 e. The molecule has 0 saturated heterocycles. The maximum Gasteiger partial charge on any atom is 0.219 e. The molecule has 0 aliphatic carbocycles. The minimum Gasteiger partial charge on any atom is -0.370 e. The van der Waals surface area contributed by atoms with E-state index in [1.807, 2.05) is 17.6 Å². The third-order valence-electron chi connectivity index (χ3n) is 2.83. The second kappa shape index (κ2) is 5.88. The zero-order chi connectivity index (χ0) is 14.0. The van der Waals surface area contributed by atoms with Gasteiger partial charge in [-0.3, -0.25) is 4.79 Å². The number of nitrogens with zero attached hydrogens (tertiary/aromatic N) is 3. The maximum atomic E-state index is 11.1. The van der Waals surface area contributed by atoms with E-state index in [9.17, 15) is 4.79 Å². The number of imidazole rings is 1. The van der Waals surface area contributed by atoms with Crippen molar-refractivity contribution in [2.45, 2.75) is 25.8 Å². The Morgan fingerprint density at radius 2 is 2.37 bits per heavy atom. The average molecular weight is 346 g/mol. The molecule has 5 nitrogen and oxygen atoms in total. The molecule has 2 rings (SSSR count). The lowest BCUT2D eigenvalue weighted by atomic mass is 10.2. The molecule has 2 heterocycles. The Bertz CT molecular complexity index is 613. The fourth-order valence-electron chi connectivity index (χ4n) is 2.11. The Morgan fingerprint density at radius 3 is 3.00 bits per heavy atom. The summed E-state index contributed by atoms with van der Waals surface area (Å²) in [7, 11) is 0. The molecule has 2 N–H and O–H groups in total. The number of amides is 1. The molecule has 19 heavy (non-hydrogen) atoms. The number of hydrogen-bond donors (Lipinski definition) is 1. The number of halogens is 2. The van der Waals surface area contributed by atoms with Crippen molar-refractivity contribution in [1.82, 2.24) is 14.5 Å². The van der Waals surface area contributed by atoms with Crippen LogP contribution < -0.4 is 5.73 Å². The van der Waals surface area contributed by atoms with Gasteiger partial charge in [-0.2, -0.15) is 0 Å². The molecule has 102 valence electrons. The van der Waals surface area contributed by atoms with Gasteiger partial charge in [0.2, 0.25) is 5.91 Å². The summed E-state index contributed by atoms with van der Waals surface area (Å²) in [6, 6.07) is 1.81. The molecule has 1 unspecified atom stereocenters. The van der Waals surface area contributed by atoms with Gasteiger partial charge in [0, 0.05) is 35.4 Å². The molecule has 0 radical (unpaired) electrons. The molecule has 0 fully saturated rings. The van der Waals surface area contributed by atoms with E-state index >= 15 is 0 Å². The minimum atomic E-state index is -0.344. The predicted octanol–water partition coefficient (Wildman–Crippen LogP) is 2.41. The van der Waals surface area contributed by atoms with Gasteiger partial charge >= 0.3 is 0 Å². The van der Waals surface area contributed by atoms with Gasteiger partial charge in [0.05, 0.1) is 0 Å². The quantitative estimate of drug-likeness (QED) is 0.846. The molecule has 2 aromatic rings. The van der Waals surface area contributed by atoms with Crippen LogP contribution in [0, 0.1) is 0 Å². The number of fused-ring (bicyclic) bond motifs is 1. The summed E-state index contributed by atoms with van der Waals surface area (Å²) >= 11 is 9.17. The average Bonchev–Trinajstić information content (AvgIpc) is 2.65. The second-order valence-electron chi connectivity index (χ2n) is 4.35. The normalized spacial score (nSPS) is 12.8. The summed E-state index contributed by atoms with van der Waals surface area (Å²) < 4.78 is 2.80. The van der Waals surface area contributed by atoms with Crippen LogP contribution >= 0.6 is 27.5 Å². The van der Waals surface area contributed by atoms with E-state index in [0.29, 0.717) is 12.3 Å². The van der Waals surface area contributed by atoms with Crippen LogP contribution in [0.5, 0.6) is 0 Å². The van der Waals surface area contributed by atoms with Crippen LogP contribution in [-0.2, 0) is 11.2 Å². The third-order valence-corrected chi connectivity index (χ3v) is 3.45. The molecule has 1 amide bonds. The van der Waals surface area contributed by atoms with Crippen LogP contribution in [-0.4, -0.2) is 26.3 Å². The van der Waals surface area contributed by atoms with Crippen molar-refractivity contribution >= 4 is 44.6 Å². The number of rotatable bonds is 5. The lowest BCUT2D eigenvalue weighted by Crippen LogP contribution is -2.19. The van der Waals surface area contributed by atoms with Crippen molar-refractivity contribution in [2.75, 3.05) is 5.88 Å². The van der Waals surface area contributed by atoms with Crippen molar-refractivity contribution in [3.8, 4) is 0 Å². The molecule has 0 aliphatic heterocycles. The number of carbonyl (C=O) groups is 1. The molecule has 0 bridgehead atoms. The number of pyridine rings is 1. The van der Waals surface area contributed by atoms with Gasteiger partial charge in [0.1, 0.15) is 11.3 Å². The first-order valence-electron chi connectivity index (χ1n) is 5.89. The molecule has 0 spiro atoms. The van der Waals surface area contributed by atoms with Crippen molar-refractivity contribution in [2.24, 2.45) is 5.73 Å². The summed E-state index contributed by atoms with van der Waals surface area (Å²) in [5.41, 5.74) is 6.80.